The second-order valence-corrected chi connectivity index (χ2v) is 23.9. The first kappa shape index (κ1) is 44.0. The third-order valence-corrected chi connectivity index (χ3v) is 18.9. The van der Waals surface area contributed by atoms with E-state index in [-0.39, 0.29) is 59.5 Å². The lowest BCUT2D eigenvalue weighted by Crippen LogP contribution is -2.04. The van der Waals surface area contributed by atoms with Crippen LogP contribution in [-0.2, 0) is 12.8 Å². The zero-order chi connectivity index (χ0) is 69.3. The highest BCUT2D eigenvalue weighted by molar-refractivity contribution is 6.26. The first-order valence-corrected chi connectivity index (χ1v) is 31.4. The summed E-state index contributed by atoms with van der Waals surface area (Å²) in [6.07, 6.45) is 4.53. The van der Waals surface area contributed by atoms with Crippen LogP contribution in [0.4, 0.5) is 0 Å². The van der Waals surface area contributed by atoms with Gasteiger partial charge in [-0.2, -0.15) is 0 Å². The molecule has 0 amide bonds. The van der Waals surface area contributed by atoms with Gasteiger partial charge in [-0.1, -0.05) is 285 Å². The first-order chi connectivity index (χ1) is 49.8. The quantitative estimate of drug-likeness (QED) is 0.149. The van der Waals surface area contributed by atoms with Gasteiger partial charge < -0.3 is 8.83 Å². The molecule has 432 valence electrons. The fraction of sp³-hybridized carbons (Fsp3) is 0.0444. The zero-order valence-electron chi connectivity index (χ0n) is 59.9. The molecular formula is C90H60O2. The summed E-state index contributed by atoms with van der Waals surface area (Å²) in [5.74, 6) is 0. The van der Waals surface area contributed by atoms with Crippen LogP contribution >= 0.6 is 0 Å². The summed E-state index contributed by atoms with van der Waals surface area (Å²) >= 11 is 0. The minimum Gasteiger partial charge on any atom is -0.456 e. The van der Waals surface area contributed by atoms with Gasteiger partial charge in [-0.15, -0.1) is 0 Å². The van der Waals surface area contributed by atoms with E-state index in [1.54, 1.807) is 0 Å². The number of fused-ring (bicyclic) bond motifs is 12. The Morgan fingerprint density at radius 1 is 0.239 bits per heavy atom. The average molecular weight is 1180 g/mol. The minimum atomic E-state index is -0.398. The van der Waals surface area contributed by atoms with Crippen LogP contribution < -0.4 is 0 Å². The topological polar surface area (TPSA) is 26.3 Å². The van der Waals surface area contributed by atoms with Gasteiger partial charge in [0.1, 0.15) is 22.3 Å². The van der Waals surface area contributed by atoms with Crippen LogP contribution in [-0.4, -0.2) is 0 Å². The minimum absolute atomic E-state index is 0.205. The van der Waals surface area contributed by atoms with Crippen molar-refractivity contribution in [3.05, 3.63) is 326 Å². The summed E-state index contributed by atoms with van der Waals surface area (Å²) in [5.41, 5.74) is 19.1. The monoisotopic (exact) mass is 1180 g/mol. The fourth-order valence-electron chi connectivity index (χ4n) is 15.1. The molecule has 0 radical (unpaired) electrons. The Morgan fingerprint density at radius 2 is 0.641 bits per heavy atom. The summed E-state index contributed by atoms with van der Waals surface area (Å²) in [7, 11) is 0. The van der Waals surface area contributed by atoms with Gasteiger partial charge in [0.05, 0.1) is 13.7 Å². The van der Waals surface area contributed by atoms with Crippen LogP contribution in [0.5, 0.6) is 0 Å². The lowest BCUT2D eigenvalue weighted by Gasteiger charge is -2.22. The molecule has 16 aromatic carbocycles. The van der Waals surface area contributed by atoms with Crippen LogP contribution in [0.25, 0.3) is 176 Å². The molecule has 2 nitrogen and oxygen atoms in total. The van der Waals surface area contributed by atoms with Crippen molar-refractivity contribution >= 4 is 97.7 Å². The normalized spacial score (nSPS) is 13.9. The van der Waals surface area contributed by atoms with E-state index in [2.05, 4.69) is 140 Å². The molecule has 0 atom stereocenters. The highest BCUT2D eigenvalue weighted by atomic mass is 16.3. The molecule has 92 heavy (non-hydrogen) atoms. The van der Waals surface area contributed by atoms with E-state index in [0.717, 1.165) is 155 Å². The van der Waals surface area contributed by atoms with Crippen LogP contribution in [0.15, 0.2) is 324 Å². The van der Waals surface area contributed by atoms with E-state index in [9.17, 15) is 0 Å². The number of hydrogen-bond acceptors (Lipinski definition) is 2. The Bertz CT molecular complexity index is 6430. The molecule has 0 saturated carbocycles. The number of benzene rings is 16. The van der Waals surface area contributed by atoms with Crippen molar-refractivity contribution in [2.45, 2.75) is 25.7 Å². The van der Waals surface area contributed by atoms with Gasteiger partial charge in [0.2, 0.25) is 0 Å². The molecule has 19 rings (SSSR count). The summed E-state index contributed by atoms with van der Waals surface area (Å²) in [5, 5.41) is 13.7. The lowest BCUT2D eigenvalue weighted by atomic mass is 9.81. The SMILES string of the molecule is [2H]c1c([2H])c([2H])c(-c2c3ccccc3c(-c3ccc(-c4cccc5oc6ccccc6c45)c4ccccc34)c3ccccc23)c([2H])c1[2H].[2H]c1c([2H])c([2H])c(-c2c3ccccc3c(-c3cccc(-c4ccc5oc6ccccc6c5c4-c4cccc5c4CCCC5)c3)c3ccccc23)c([2H])c1[2H]. The van der Waals surface area contributed by atoms with Gasteiger partial charge in [0.15, 0.2) is 0 Å². The molecule has 18 aromatic rings. The summed E-state index contributed by atoms with van der Waals surface area (Å²) in [4.78, 5) is 0. The van der Waals surface area contributed by atoms with Gasteiger partial charge >= 0.3 is 0 Å². The summed E-state index contributed by atoms with van der Waals surface area (Å²) in [6.45, 7) is 0. The molecule has 1 aliphatic carbocycles. The van der Waals surface area contributed by atoms with Gasteiger partial charge in [0.25, 0.3) is 0 Å². The maximum atomic E-state index is 8.93. The largest absolute Gasteiger partial charge is 0.456 e. The van der Waals surface area contributed by atoms with E-state index in [0.29, 0.717) is 11.1 Å². The number of aryl methyl sites for hydroxylation is 1. The summed E-state index contributed by atoms with van der Waals surface area (Å²) < 4.78 is 98.6. The van der Waals surface area contributed by atoms with Gasteiger partial charge in [-0.3, -0.25) is 0 Å². The molecule has 0 aliphatic heterocycles. The molecule has 1 aliphatic rings. The number of para-hydroxylation sites is 2. The Labute approximate surface area is 547 Å². The van der Waals surface area contributed by atoms with Crippen molar-refractivity contribution in [3.63, 3.8) is 0 Å². The molecule has 2 heterocycles. The molecule has 0 saturated heterocycles. The standard InChI is InChI=1S/C48H34O.C42H26O/c1-2-15-32(16-3-1)45-38-21-6-8-23-40(38)46(41-24-9-7-22-39(41)45)34-19-12-18-33(30-34)36-28-29-44-48(42-25-10-11-27-43(42)49-44)47(36)37-26-13-17-31-14-4-5-20-35(31)37;1-2-13-27(14-3-1)40-32-17-6-8-19-34(32)41(35-20-9-7-18-33(35)40)36-26-25-30(28-15-4-5-16-29(28)36)31-22-12-24-39-42(31)37-21-10-11-23-38(37)43-39/h1-3,6-13,15-19,21-30H,4-5,14,20H2;1-26H/i1D,2D,3D,15D,16D;1D,2D,3D,13D,14D. The van der Waals surface area contributed by atoms with E-state index in [4.69, 9.17) is 22.5 Å². The summed E-state index contributed by atoms with van der Waals surface area (Å²) in [6, 6.07) is 84.4. The molecule has 0 spiro atoms. The predicted molar refractivity (Wildman–Crippen MR) is 390 cm³/mol. The van der Waals surface area contributed by atoms with Crippen LogP contribution in [0.3, 0.4) is 0 Å². The molecular weight excluding hydrogens is 1110 g/mol. The number of hydrogen-bond donors (Lipinski definition) is 0. The molecule has 0 unspecified atom stereocenters. The Hall–Kier alpha value is -11.6. The fourth-order valence-corrected chi connectivity index (χ4v) is 15.1. The molecule has 0 N–H and O–H groups in total. The molecule has 2 heteroatoms. The van der Waals surface area contributed by atoms with E-state index >= 15 is 0 Å². The zero-order valence-corrected chi connectivity index (χ0v) is 49.9. The third kappa shape index (κ3) is 8.70. The number of rotatable bonds is 7. The van der Waals surface area contributed by atoms with Crippen molar-refractivity contribution < 1.29 is 22.5 Å². The van der Waals surface area contributed by atoms with E-state index in [1.807, 2.05) is 115 Å². The first-order valence-electron chi connectivity index (χ1n) is 36.4. The van der Waals surface area contributed by atoms with Crippen molar-refractivity contribution in [3.8, 4) is 77.9 Å². The van der Waals surface area contributed by atoms with Crippen molar-refractivity contribution in [1.82, 2.24) is 0 Å². The van der Waals surface area contributed by atoms with Crippen LogP contribution in [0.2, 0.25) is 0 Å². The van der Waals surface area contributed by atoms with Crippen LogP contribution in [0, 0.1) is 0 Å². The van der Waals surface area contributed by atoms with E-state index in [1.165, 1.54) is 35.1 Å². The Balaban J connectivity index is 0.000000147. The third-order valence-electron chi connectivity index (χ3n) is 18.9. The second-order valence-electron chi connectivity index (χ2n) is 23.9. The molecule has 2 aromatic heterocycles. The average Bonchev–Trinajstić information content (AvgIpc) is 0.854. The van der Waals surface area contributed by atoms with Crippen molar-refractivity contribution in [2.75, 3.05) is 0 Å². The Kier molecular flexibility index (Phi) is 10.6. The highest BCUT2D eigenvalue weighted by Gasteiger charge is 2.25. The van der Waals surface area contributed by atoms with Crippen LogP contribution in [0.1, 0.15) is 37.7 Å². The van der Waals surface area contributed by atoms with Gasteiger partial charge in [-0.25, -0.2) is 0 Å². The smallest absolute Gasteiger partial charge is 0.136 e. The number of furan rings is 2. The predicted octanol–water partition coefficient (Wildman–Crippen LogP) is 25.5. The Morgan fingerprint density at radius 3 is 1.22 bits per heavy atom. The second kappa shape index (κ2) is 22.2. The van der Waals surface area contributed by atoms with Crippen molar-refractivity contribution in [2.24, 2.45) is 0 Å². The molecule has 0 fully saturated rings. The van der Waals surface area contributed by atoms with Gasteiger partial charge in [-0.05, 0) is 193 Å². The molecule has 0 bridgehead atoms. The lowest BCUT2D eigenvalue weighted by molar-refractivity contribution is 0.668. The maximum Gasteiger partial charge on any atom is 0.136 e. The van der Waals surface area contributed by atoms with Crippen molar-refractivity contribution in [1.29, 1.82) is 0 Å². The van der Waals surface area contributed by atoms with Gasteiger partial charge in [0, 0.05) is 27.1 Å². The maximum absolute atomic E-state index is 8.93. The highest BCUT2D eigenvalue weighted by Crippen LogP contribution is 2.51. The van der Waals surface area contributed by atoms with E-state index < -0.39 is 12.1 Å².